The monoisotopic (exact) mass is 649 g/mol. The summed E-state index contributed by atoms with van der Waals surface area (Å²) in [7, 11) is 0. The number of aromatic nitrogens is 2. The summed E-state index contributed by atoms with van der Waals surface area (Å²) in [6, 6.07) is 10.1. The summed E-state index contributed by atoms with van der Waals surface area (Å²) in [5.41, 5.74) is 4.60. The highest BCUT2D eigenvalue weighted by atomic mass is 32.1. The molecular weight excluding hydrogens is 616 g/mol. The molecule has 0 radical (unpaired) electrons. The van der Waals surface area contributed by atoms with Crippen molar-refractivity contribution in [2.75, 3.05) is 46.0 Å². The molecule has 2 aliphatic heterocycles. The average molecular weight is 650 g/mol. The lowest BCUT2D eigenvalue weighted by atomic mass is 9.96. The first kappa shape index (κ1) is 31.5. The normalized spacial score (nSPS) is 15.9. The zero-order valence-electron chi connectivity index (χ0n) is 25.0. The number of thiophene rings is 1. The van der Waals surface area contributed by atoms with Gasteiger partial charge in [-0.15, -0.1) is 21.5 Å². The molecule has 0 unspecified atom stereocenters. The van der Waals surface area contributed by atoms with Crippen molar-refractivity contribution in [2.45, 2.75) is 25.5 Å². The second kappa shape index (κ2) is 14.3. The summed E-state index contributed by atoms with van der Waals surface area (Å²) in [6.07, 6.45) is 1.74. The molecule has 1 atom stereocenters. The Balaban J connectivity index is 1.06. The van der Waals surface area contributed by atoms with Crippen LogP contribution in [0.5, 0.6) is 5.75 Å². The summed E-state index contributed by atoms with van der Waals surface area (Å²) in [6.45, 7) is 6.63. The van der Waals surface area contributed by atoms with Gasteiger partial charge in [0.05, 0.1) is 29.8 Å². The molecule has 0 bridgehead atoms. The van der Waals surface area contributed by atoms with Gasteiger partial charge in [0.25, 0.3) is 0 Å². The number of nitrogens with one attached hydrogen (secondary N) is 2. The smallest absolute Gasteiger partial charge is 0.407 e. The lowest BCUT2D eigenvalue weighted by molar-refractivity contribution is -0.125. The molecule has 1 fully saturated rings. The molecule has 240 valence electrons. The molecule has 2 N–H and O–H groups in total. The molecule has 6 rings (SSSR count). The summed E-state index contributed by atoms with van der Waals surface area (Å²) >= 11 is 1.25. The number of halogens is 2. The van der Waals surface area contributed by atoms with Crippen molar-refractivity contribution < 1.29 is 32.6 Å². The minimum absolute atomic E-state index is 0.0703. The number of rotatable bonds is 11. The molecule has 10 nitrogen and oxygen atoms in total. The van der Waals surface area contributed by atoms with Crippen LogP contribution in [0.3, 0.4) is 0 Å². The maximum Gasteiger partial charge on any atom is 0.407 e. The van der Waals surface area contributed by atoms with Gasteiger partial charge in [-0.2, -0.15) is 0 Å². The van der Waals surface area contributed by atoms with Crippen molar-refractivity contribution in [2.24, 2.45) is 0 Å². The zero-order valence-corrected chi connectivity index (χ0v) is 25.8. The number of likely N-dealkylation sites (tertiary alicyclic amines) is 1. The molecular formula is C33H33F2N5O5S. The van der Waals surface area contributed by atoms with Crippen molar-refractivity contribution in [3.05, 3.63) is 77.2 Å². The maximum atomic E-state index is 15.3. The van der Waals surface area contributed by atoms with E-state index in [1.807, 2.05) is 6.07 Å². The maximum absolute atomic E-state index is 15.3. The predicted octanol–water partition coefficient (Wildman–Crippen LogP) is 4.86. The summed E-state index contributed by atoms with van der Waals surface area (Å²) in [5, 5.41) is 16.6. The number of carbonyl (C=O) groups is 2. The first-order valence-electron chi connectivity index (χ1n) is 15.0. The van der Waals surface area contributed by atoms with Crippen LogP contribution in [-0.2, 0) is 27.2 Å². The highest BCUT2D eigenvalue weighted by molar-refractivity contribution is 7.17. The Morgan fingerprint density at radius 2 is 1.98 bits per heavy atom. The van der Waals surface area contributed by atoms with Crippen LogP contribution in [0.15, 0.2) is 54.4 Å². The minimum Gasteiger partial charge on any atom is -0.490 e. The van der Waals surface area contributed by atoms with Crippen LogP contribution in [0.1, 0.15) is 17.5 Å². The number of benzene rings is 2. The van der Waals surface area contributed by atoms with E-state index in [0.717, 1.165) is 25.1 Å². The van der Waals surface area contributed by atoms with Gasteiger partial charge < -0.3 is 29.7 Å². The van der Waals surface area contributed by atoms with Crippen molar-refractivity contribution in [3.63, 3.8) is 0 Å². The van der Waals surface area contributed by atoms with Crippen LogP contribution in [0.2, 0.25) is 0 Å². The Hall–Kier alpha value is -4.46. The number of nitrogens with zero attached hydrogens (tertiary/aromatic N) is 3. The predicted molar refractivity (Wildman–Crippen MR) is 170 cm³/mol. The van der Waals surface area contributed by atoms with Crippen LogP contribution in [0.4, 0.5) is 13.6 Å². The lowest BCUT2D eigenvalue weighted by Crippen LogP contribution is -2.34. The third kappa shape index (κ3) is 7.01. The topological polar surface area (TPSA) is 115 Å². The Labute approximate surface area is 268 Å². The van der Waals surface area contributed by atoms with Crippen LogP contribution in [0.25, 0.3) is 32.6 Å². The van der Waals surface area contributed by atoms with E-state index in [1.165, 1.54) is 52.1 Å². The van der Waals surface area contributed by atoms with Gasteiger partial charge in [0.1, 0.15) is 41.5 Å². The Morgan fingerprint density at radius 1 is 1.11 bits per heavy atom. The molecule has 0 spiro atoms. The van der Waals surface area contributed by atoms with E-state index in [-0.39, 0.29) is 49.8 Å². The lowest BCUT2D eigenvalue weighted by Gasteiger charge is -2.18. The number of amides is 2. The van der Waals surface area contributed by atoms with E-state index in [1.54, 1.807) is 4.90 Å². The van der Waals surface area contributed by atoms with Gasteiger partial charge in [-0.25, -0.2) is 13.6 Å². The fourth-order valence-corrected chi connectivity index (χ4v) is 6.55. The van der Waals surface area contributed by atoms with Gasteiger partial charge in [-0.1, -0.05) is 18.7 Å². The van der Waals surface area contributed by atoms with Gasteiger partial charge in [0.2, 0.25) is 5.91 Å². The van der Waals surface area contributed by atoms with E-state index >= 15 is 4.39 Å². The van der Waals surface area contributed by atoms with E-state index in [4.69, 9.17) is 14.2 Å². The molecule has 4 aromatic rings. The number of alkyl carbamates (subject to hydrolysis) is 1. The van der Waals surface area contributed by atoms with E-state index in [9.17, 15) is 14.0 Å². The number of carbonyl (C=O) groups excluding carboxylic acids is 2. The number of hydrogen-bond donors (Lipinski definition) is 2. The summed E-state index contributed by atoms with van der Waals surface area (Å²) in [5.74, 6) is -0.962. The summed E-state index contributed by atoms with van der Waals surface area (Å²) < 4.78 is 47.0. The van der Waals surface area contributed by atoms with Gasteiger partial charge >= 0.3 is 6.09 Å². The Kier molecular flexibility index (Phi) is 9.81. The van der Waals surface area contributed by atoms with Crippen LogP contribution in [-0.4, -0.2) is 79.2 Å². The third-order valence-electron chi connectivity index (χ3n) is 7.92. The molecule has 2 aromatic carbocycles. The molecule has 2 aliphatic rings. The average Bonchev–Trinajstić information content (AvgIpc) is 3.70. The fraction of sp³-hybridized carbons (Fsp3) is 0.333. The van der Waals surface area contributed by atoms with Gasteiger partial charge in [0.15, 0.2) is 0 Å². The van der Waals surface area contributed by atoms with Crippen LogP contribution in [0, 0.1) is 11.6 Å². The largest absolute Gasteiger partial charge is 0.490 e. The molecule has 4 heterocycles. The molecule has 46 heavy (non-hydrogen) atoms. The second-order valence-corrected chi connectivity index (χ2v) is 11.8. The molecule has 2 amide bonds. The third-order valence-corrected chi connectivity index (χ3v) is 8.88. The number of ether oxygens (including phenoxy) is 3. The zero-order chi connectivity index (χ0) is 32.0. The van der Waals surface area contributed by atoms with Gasteiger partial charge in [-0.05, 0) is 48.4 Å². The number of fused-ring (bicyclic) bond motifs is 2. The van der Waals surface area contributed by atoms with Gasteiger partial charge in [0, 0.05) is 48.6 Å². The first-order valence-corrected chi connectivity index (χ1v) is 15.9. The molecule has 1 saturated heterocycles. The van der Waals surface area contributed by atoms with E-state index in [2.05, 4.69) is 39.5 Å². The second-order valence-electron chi connectivity index (χ2n) is 10.9. The Morgan fingerprint density at radius 3 is 2.85 bits per heavy atom. The SMILES string of the molecule is C=CC(=O)N1CC[C@H](OC(=O)NCCOCCOc2cc(F)ccc2-c2nnc(-c3ccc4c(c3)CCNC4)c3scc(F)c23)C1. The van der Waals surface area contributed by atoms with Crippen molar-refractivity contribution >= 4 is 33.4 Å². The first-order chi connectivity index (χ1) is 22.4. The quantitative estimate of drug-likeness (QED) is 0.175. The molecule has 2 aromatic heterocycles. The fourth-order valence-electron chi connectivity index (χ4n) is 5.62. The molecule has 13 heteroatoms. The van der Waals surface area contributed by atoms with E-state index < -0.39 is 17.7 Å². The standard InChI is InChI=1S/C33H33F2N5O5S/c1-2-28(41)40-11-8-24(18-40)45-33(42)37-10-12-43-13-14-44-27-16-23(34)5-6-25(27)31-29-26(35)19-46-32(29)30(38-39-31)21-3-4-22-17-36-9-7-20(22)15-21/h2-6,15-16,19,24,36H,1,7-14,17-18H2,(H,37,42)/t24-/m0/s1. The Bertz CT molecular complexity index is 1770. The molecule has 0 aliphatic carbocycles. The van der Waals surface area contributed by atoms with Crippen LogP contribution >= 0.6 is 11.3 Å². The minimum atomic E-state index is -0.592. The van der Waals surface area contributed by atoms with Crippen LogP contribution < -0.4 is 15.4 Å². The van der Waals surface area contributed by atoms with Gasteiger partial charge in [-0.3, -0.25) is 4.79 Å². The number of hydrogen-bond acceptors (Lipinski definition) is 9. The van der Waals surface area contributed by atoms with Crippen molar-refractivity contribution in [1.82, 2.24) is 25.7 Å². The van der Waals surface area contributed by atoms with Crippen molar-refractivity contribution in [3.8, 4) is 28.3 Å². The highest BCUT2D eigenvalue weighted by Gasteiger charge is 2.27. The van der Waals surface area contributed by atoms with E-state index in [0.29, 0.717) is 40.9 Å². The van der Waals surface area contributed by atoms with Crippen molar-refractivity contribution in [1.29, 1.82) is 0 Å². The highest BCUT2D eigenvalue weighted by Crippen LogP contribution is 2.41. The summed E-state index contributed by atoms with van der Waals surface area (Å²) in [4.78, 5) is 25.3. The molecule has 0 saturated carbocycles.